The van der Waals surface area contributed by atoms with E-state index in [2.05, 4.69) is 5.32 Å². The van der Waals surface area contributed by atoms with Crippen LogP contribution in [0, 0.1) is 0 Å². The third-order valence-electron chi connectivity index (χ3n) is 3.06. The fourth-order valence-electron chi connectivity index (χ4n) is 2.03. The Kier molecular flexibility index (Phi) is 2.56. The smallest absolute Gasteiger partial charge is 0.134 e. The molecule has 3 aromatic rings. The summed E-state index contributed by atoms with van der Waals surface area (Å²) in [5.74, 6) is -0.0856. The Morgan fingerprint density at radius 1 is 1.24 bits per heavy atom. The van der Waals surface area contributed by atoms with E-state index < -0.39 is 36.3 Å². The normalized spacial score (nSPS) is 17.1. The molecule has 1 aromatic heterocycles. The predicted molar refractivity (Wildman–Crippen MR) is 90.2 cm³/mol. The summed E-state index contributed by atoms with van der Waals surface area (Å²) in [5.41, 5.74) is 0. The molecule has 0 fully saturated rings. The van der Waals surface area contributed by atoms with E-state index in [9.17, 15) is 0 Å². The number of benzene rings is 2. The Morgan fingerprint density at radius 2 is 2.10 bits per heavy atom. The first-order chi connectivity index (χ1) is 13.3. The zero-order valence-electron chi connectivity index (χ0n) is 18.5. The molecule has 3 heteroatoms. The zero-order chi connectivity index (χ0) is 20.6. The highest BCUT2D eigenvalue weighted by Crippen LogP contribution is 2.32. The summed E-state index contributed by atoms with van der Waals surface area (Å²) in [6, 6.07) is 0.897. The van der Waals surface area contributed by atoms with Crippen molar-refractivity contribution in [2.24, 2.45) is 0 Å². The highest BCUT2D eigenvalue weighted by Gasteiger charge is 2.15. The predicted octanol–water partition coefficient (Wildman–Crippen LogP) is 4.63. The molecule has 3 rings (SSSR count). The second kappa shape index (κ2) is 6.74. The van der Waals surface area contributed by atoms with Crippen LogP contribution in [0.4, 0.5) is 0 Å². The van der Waals surface area contributed by atoms with Crippen LogP contribution in [0.25, 0.3) is 10.8 Å². The van der Waals surface area contributed by atoms with Crippen molar-refractivity contribution in [1.29, 1.82) is 0 Å². The second-order valence-corrected chi connectivity index (χ2v) is 5.45. The number of nitrogens with one attached hydrogen (secondary N) is 1. The summed E-state index contributed by atoms with van der Waals surface area (Å²) >= 11 is 1.48. The first-order valence-corrected chi connectivity index (χ1v) is 7.52. The van der Waals surface area contributed by atoms with Crippen molar-refractivity contribution in [2.45, 2.75) is 12.5 Å². The lowest BCUT2D eigenvalue weighted by Gasteiger charge is -2.19. The SMILES string of the molecule is [2H]c1c([2H])c([2H])c2c(O[C@@H](CCNC)c3cccs3)c([2H])c([2H])c([2H])c2c1[2H]. The lowest BCUT2D eigenvalue weighted by Crippen LogP contribution is -2.15. The maximum atomic E-state index is 8.31. The quantitative estimate of drug-likeness (QED) is 0.717. The van der Waals surface area contributed by atoms with Crippen LogP contribution < -0.4 is 10.1 Å². The zero-order valence-corrected chi connectivity index (χ0v) is 12.4. The van der Waals surface area contributed by atoms with Gasteiger partial charge >= 0.3 is 0 Å². The van der Waals surface area contributed by atoms with Crippen molar-refractivity contribution in [1.82, 2.24) is 5.32 Å². The number of fused-ring (bicyclic) bond motifs is 1. The van der Waals surface area contributed by atoms with E-state index in [-0.39, 0.29) is 28.6 Å². The number of ether oxygens (including phenoxy) is 1. The van der Waals surface area contributed by atoms with Gasteiger partial charge in [-0.3, -0.25) is 0 Å². The Bertz CT molecular complexity index is 1020. The first-order valence-electron chi connectivity index (χ1n) is 10.1. The van der Waals surface area contributed by atoms with E-state index >= 15 is 0 Å². The van der Waals surface area contributed by atoms with Gasteiger partial charge in [0, 0.05) is 16.7 Å². The van der Waals surface area contributed by atoms with Crippen LogP contribution in [-0.4, -0.2) is 13.6 Å². The number of thiophene rings is 1. The van der Waals surface area contributed by atoms with Gasteiger partial charge < -0.3 is 10.1 Å². The van der Waals surface area contributed by atoms with E-state index in [0.717, 1.165) is 4.88 Å². The van der Waals surface area contributed by atoms with Gasteiger partial charge in [0.1, 0.15) is 11.9 Å². The van der Waals surface area contributed by atoms with Crippen molar-refractivity contribution < 1.29 is 14.3 Å². The van der Waals surface area contributed by atoms with Crippen LogP contribution >= 0.6 is 11.3 Å². The number of hydrogen-bond donors (Lipinski definition) is 1. The van der Waals surface area contributed by atoms with E-state index in [1.807, 2.05) is 24.6 Å². The molecule has 21 heavy (non-hydrogen) atoms. The molecular formula is C18H19NOS. The maximum Gasteiger partial charge on any atom is 0.134 e. The molecule has 0 radical (unpaired) electrons. The summed E-state index contributed by atoms with van der Waals surface area (Å²) < 4.78 is 62.9. The Hall–Kier alpha value is -1.84. The van der Waals surface area contributed by atoms with Crippen LogP contribution in [-0.2, 0) is 0 Å². The molecule has 0 saturated carbocycles. The molecule has 0 saturated heterocycles. The molecule has 0 amide bonds. The second-order valence-electron chi connectivity index (χ2n) is 4.47. The van der Waals surface area contributed by atoms with Crippen LogP contribution in [0.15, 0.2) is 59.8 Å². The van der Waals surface area contributed by atoms with Crippen molar-refractivity contribution in [3.63, 3.8) is 0 Å². The monoisotopic (exact) mass is 304 g/mol. The highest BCUT2D eigenvalue weighted by molar-refractivity contribution is 7.10. The van der Waals surface area contributed by atoms with Gasteiger partial charge in [-0.25, -0.2) is 0 Å². The summed E-state index contributed by atoms with van der Waals surface area (Å²) in [6.07, 6.45) is 0.119. The van der Waals surface area contributed by atoms with Gasteiger partial charge in [-0.1, -0.05) is 42.3 Å². The summed E-state index contributed by atoms with van der Waals surface area (Å²) in [6.45, 7) is 0.635. The van der Waals surface area contributed by atoms with Crippen LogP contribution in [0.1, 0.15) is 27.0 Å². The molecular weight excluding hydrogens is 278 g/mol. The van der Waals surface area contributed by atoms with Crippen molar-refractivity contribution >= 4 is 22.1 Å². The molecule has 0 bridgehead atoms. The summed E-state index contributed by atoms with van der Waals surface area (Å²) in [7, 11) is 1.81. The minimum absolute atomic E-state index is 0.0250. The average molecular weight is 304 g/mol. The lowest BCUT2D eigenvalue weighted by atomic mass is 10.1. The molecule has 1 atom stereocenters. The van der Waals surface area contributed by atoms with Gasteiger partial charge in [-0.2, -0.15) is 0 Å². The molecule has 0 spiro atoms. The van der Waals surface area contributed by atoms with E-state index in [1.54, 1.807) is 0 Å². The Morgan fingerprint density at radius 3 is 2.90 bits per heavy atom. The number of hydrogen-bond acceptors (Lipinski definition) is 3. The van der Waals surface area contributed by atoms with Gasteiger partial charge in [0.25, 0.3) is 0 Å². The van der Waals surface area contributed by atoms with E-state index in [4.69, 9.17) is 14.3 Å². The molecule has 0 aliphatic rings. The molecule has 108 valence electrons. The van der Waals surface area contributed by atoms with Crippen molar-refractivity contribution in [3.05, 3.63) is 64.7 Å². The third-order valence-corrected chi connectivity index (χ3v) is 4.02. The van der Waals surface area contributed by atoms with Gasteiger partial charge in [-0.15, -0.1) is 11.3 Å². The summed E-state index contributed by atoms with van der Waals surface area (Å²) in [4.78, 5) is 0.908. The minimum atomic E-state index is -0.473. The fourth-order valence-corrected chi connectivity index (χ4v) is 2.82. The molecule has 0 aliphatic carbocycles. The standard InChI is InChI=1S/C18H19NOS/c1-19-12-11-17(18-10-5-13-21-18)20-16-9-4-7-14-6-2-3-8-15(14)16/h2-10,13,17,19H,11-12H2,1H3/t17-/m0/s1/i2D,3D,4D,6D,7D,8D,9D. The minimum Gasteiger partial charge on any atom is -0.484 e. The highest BCUT2D eigenvalue weighted by atomic mass is 32.1. The Labute approximate surface area is 139 Å². The molecule has 1 heterocycles. The van der Waals surface area contributed by atoms with E-state index in [1.165, 1.54) is 11.3 Å². The molecule has 2 nitrogen and oxygen atoms in total. The Balaban J connectivity index is 2.28. The lowest BCUT2D eigenvalue weighted by molar-refractivity contribution is 0.201. The van der Waals surface area contributed by atoms with Crippen molar-refractivity contribution in [2.75, 3.05) is 13.6 Å². The van der Waals surface area contributed by atoms with Crippen molar-refractivity contribution in [3.8, 4) is 5.75 Å². The summed E-state index contributed by atoms with van der Waals surface area (Å²) in [5, 5.41) is 4.82. The van der Waals surface area contributed by atoms with Gasteiger partial charge in [0.05, 0.1) is 9.60 Å². The van der Waals surface area contributed by atoms with E-state index in [0.29, 0.717) is 13.0 Å². The average Bonchev–Trinajstić information content (AvgIpc) is 3.22. The van der Waals surface area contributed by atoms with Crippen LogP contribution in [0.3, 0.4) is 0 Å². The third kappa shape index (κ3) is 3.26. The largest absolute Gasteiger partial charge is 0.484 e. The van der Waals surface area contributed by atoms with Gasteiger partial charge in [-0.05, 0) is 36.5 Å². The van der Waals surface area contributed by atoms with Gasteiger partial charge in [0.2, 0.25) is 0 Å². The maximum absolute atomic E-state index is 8.31. The molecule has 0 unspecified atom stereocenters. The van der Waals surface area contributed by atoms with Crippen LogP contribution in [0.5, 0.6) is 5.75 Å². The van der Waals surface area contributed by atoms with Crippen LogP contribution in [0.2, 0.25) is 0 Å². The molecule has 2 aromatic carbocycles. The van der Waals surface area contributed by atoms with Gasteiger partial charge in [0.15, 0.2) is 0 Å². The topological polar surface area (TPSA) is 21.3 Å². The molecule has 1 N–H and O–H groups in total. The fraction of sp³-hybridized carbons (Fsp3) is 0.222. The molecule has 0 aliphatic heterocycles. The number of rotatable bonds is 6. The first kappa shape index (κ1) is 7.97.